The first-order valence-electron chi connectivity index (χ1n) is 5.55. The van der Waals surface area contributed by atoms with Gasteiger partial charge in [-0.2, -0.15) is 5.10 Å². The van der Waals surface area contributed by atoms with Crippen molar-refractivity contribution >= 4 is 5.78 Å². The van der Waals surface area contributed by atoms with E-state index in [0.717, 1.165) is 23.9 Å². The van der Waals surface area contributed by atoms with Gasteiger partial charge in [0.1, 0.15) is 17.3 Å². The summed E-state index contributed by atoms with van der Waals surface area (Å²) in [7, 11) is 1.63. The van der Waals surface area contributed by atoms with Crippen LogP contribution >= 0.6 is 0 Å². The van der Waals surface area contributed by atoms with E-state index in [1.165, 1.54) is 4.68 Å². The number of nitrogens with zero attached hydrogens (tertiary/aromatic N) is 2. The lowest BCUT2D eigenvalue weighted by molar-refractivity contribution is 0.102. The van der Waals surface area contributed by atoms with Gasteiger partial charge in [-0.3, -0.25) is 9.48 Å². The lowest BCUT2D eigenvalue weighted by Crippen LogP contribution is -2.08. The Morgan fingerprint density at radius 2 is 1.83 bits per heavy atom. The van der Waals surface area contributed by atoms with E-state index < -0.39 is 17.4 Å². The van der Waals surface area contributed by atoms with E-state index >= 15 is 0 Å². The van der Waals surface area contributed by atoms with Crippen molar-refractivity contribution in [3.8, 4) is 0 Å². The Morgan fingerprint density at radius 1 is 1.22 bits per heavy atom. The monoisotopic (exact) mass is 250 g/mol. The summed E-state index contributed by atoms with van der Waals surface area (Å²) in [6.07, 6.45) is 0.693. The molecule has 0 amide bonds. The maximum absolute atomic E-state index is 13.1. The second-order valence-corrected chi connectivity index (χ2v) is 3.99. The van der Waals surface area contributed by atoms with Gasteiger partial charge in [0.15, 0.2) is 0 Å². The topological polar surface area (TPSA) is 34.9 Å². The number of aromatic nitrogens is 2. The standard InChI is InChI=1S/C13H12F2N2O/c1-3-11-7-12(17(2)16-11)13(18)8-4-9(14)6-10(15)5-8/h4-7H,3H2,1-2H3. The molecule has 0 aliphatic rings. The average Bonchev–Trinajstić information content (AvgIpc) is 2.68. The minimum absolute atomic E-state index is 0.0156. The number of halogens is 2. The Hall–Kier alpha value is -2.04. The van der Waals surface area contributed by atoms with Crippen LogP contribution in [0.15, 0.2) is 24.3 Å². The number of carbonyl (C=O) groups excluding carboxylic acids is 1. The highest BCUT2D eigenvalue weighted by atomic mass is 19.1. The summed E-state index contributed by atoms with van der Waals surface area (Å²) in [6.45, 7) is 1.92. The fourth-order valence-electron chi connectivity index (χ4n) is 1.74. The smallest absolute Gasteiger partial charge is 0.211 e. The molecule has 0 saturated heterocycles. The zero-order valence-electron chi connectivity index (χ0n) is 10.1. The number of carbonyl (C=O) groups is 1. The molecule has 94 valence electrons. The molecule has 0 atom stereocenters. The van der Waals surface area contributed by atoms with E-state index in [1.807, 2.05) is 6.92 Å². The summed E-state index contributed by atoms with van der Waals surface area (Å²) in [6, 6.07) is 4.40. The van der Waals surface area contributed by atoms with Crippen LogP contribution in [0.1, 0.15) is 28.7 Å². The van der Waals surface area contributed by atoms with E-state index in [0.29, 0.717) is 12.1 Å². The molecule has 5 heteroatoms. The predicted octanol–water partition coefficient (Wildman–Crippen LogP) is 2.49. The van der Waals surface area contributed by atoms with Crippen LogP contribution in [0.25, 0.3) is 0 Å². The van der Waals surface area contributed by atoms with E-state index in [-0.39, 0.29) is 5.56 Å². The molecule has 0 unspecified atom stereocenters. The van der Waals surface area contributed by atoms with E-state index in [4.69, 9.17) is 0 Å². The van der Waals surface area contributed by atoms with Gasteiger partial charge in [-0.1, -0.05) is 6.92 Å². The first-order chi connectivity index (χ1) is 8.51. The molecule has 1 aromatic heterocycles. The van der Waals surface area contributed by atoms with Crippen LogP contribution in [0.2, 0.25) is 0 Å². The van der Waals surface area contributed by atoms with Crippen LogP contribution in [-0.2, 0) is 13.5 Å². The largest absolute Gasteiger partial charge is 0.287 e. The third-order valence-corrected chi connectivity index (χ3v) is 2.65. The molecule has 0 aliphatic carbocycles. The number of ketones is 1. The molecule has 2 rings (SSSR count). The molecule has 2 aromatic rings. The summed E-state index contributed by atoms with van der Waals surface area (Å²) < 4.78 is 27.5. The van der Waals surface area contributed by atoms with Crippen molar-refractivity contribution in [1.29, 1.82) is 0 Å². The second kappa shape index (κ2) is 4.68. The van der Waals surface area contributed by atoms with Crippen molar-refractivity contribution in [2.45, 2.75) is 13.3 Å². The van der Waals surface area contributed by atoms with Crippen molar-refractivity contribution in [2.24, 2.45) is 7.05 Å². The summed E-state index contributed by atoms with van der Waals surface area (Å²) in [5, 5.41) is 4.13. The zero-order valence-corrected chi connectivity index (χ0v) is 10.1. The molecule has 0 N–H and O–H groups in total. The predicted molar refractivity (Wildman–Crippen MR) is 62.4 cm³/mol. The van der Waals surface area contributed by atoms with Gasteiger partial charge in [0.25, 0.3) is 0 Å². The SMILES string of the molecule is CCc1cc(C(=O)c2cc(F)cc(F)c2)n(C)n1. The second-order valence-electron chi connectivity index (χ2n) is 3.99. The quantitative estimate of drug-likeness (QED) is 0.784. The molecule has 1 aromatic carbocycles. The Kier molecular flexibility index (Phi) is 3.23. The number of rotatable bonds is 3. The van der Waals surface area contributed by atoms with Crippen molar-refractivity contribution in [1.82, 2.24) is 9.78 Å². The summed E-state index contributed by atoms with van der Waals surface area (Å²) in [5.74, 6) is -1.98. The first-order valence-corrected chi connectivity index (χ1v) is 5.55. The summed E-state index contributed by atoms with van der Waals surface area (Å²) in [5.41, 5.74) is 1.06. The minimum Gasteiger partial charge on any atom is -0.287 e. The highest BCUT2D eigenvalue weighted by Crippen LogP contribution is 2.14. The van der Waals surface area contributed by atoms with Crippen LogP contribution < -0.4 is 0 Å². The lowest BCUT2D eigenvalue weighted by atomic mass is 10.1. The van der Waals surface area contributed by atoms with Gasteiger partial charge in [0.05, 0.1) is 5.69 Å². The van der Waals surface area contributed by atoms with Gasteiger partial charge in [-0.15, -0.1) is 0 Å². The highest BCUT2D eigenvalue weighted by molar-refractivity contribution is 6.07. The molecule has 0 saturated carbocycles. The molecule has 0 fully saturated rings. The normalized spacial score (nSPS) is 10.7. The van der Waals surface area contributed by atoms with Crippen LogP contribution in [0, 0.1) is 11.6 Å². The van der Waals surface area contributed by atoms with Gasteiger partial charge >= 0.3 is 0 Å². The fourth-order valence-corrected chi connectivity index (χ4v) is 1.74. The number of aryl methyl sites for hydroxylation is 2. The van der Waals surface area contributed by atoms with Gasteiger partial charge in [0.2, 0.25) is 5.78 Å². The molecular weight excluding hydrogens is 238 g/mol. The van der Waals surface area contributed by atoms with Gasteiger partial charge in [-0.25, -0.2) is 8.78 Å². The van der Waals surface area contributed by atoms with Crippen LogP contribution in [-0.4, -0.2) is 15.6 Å². The average molecular weight is 250 g/mol. The molecule has 0 radical (unpaired) electrons. The molecular formula is C13H12F2N2O. The van der Waals surface area contributed by atoms with Gasteiger partial charge in [-0.05, 0) is 24.6 Å². The number of hydrogen-bond donors (Lipinski definition) is 0. The van der Waals surface area contributed by atoms with Crippen molar-refractivity contribution in [3.63, 3.8) is 0 Å². The fraction of sp³-hybridized carbons (Fsp3) is 0.231. The number of hydrogen-bond acceptors (Lipinski definition) is 2. The Balaban J connectivity index is 2.44. The van der Waals surface area contributed by atoms with Crippen molar-refractivity contribution < 1.29 is 13.6 Å². The van der Waals surface area contributed by atoms with Gasteiger partial charge < -0.3 is 0 Å². The Bertz CT molecular complexity index is 585. The molecule has 0 aliphatic heterocycles. The van der Waals surface area contributed by atoms with Gasteiger partial charge in [0, 0.05) is 18.7 Å². The van der Waals surface area contributed by atoms with Crippen LogP contribution in [0.5, 0.6) is 0 Å². The van der Waals surface area contributed by atoms with E-state index in [1.54, 1.807) is 13.1 Å². The number of benzene rings is 1. The van der Waals surface area contributed by atoms with Crippen molar-refractivity contribution in [3.05, 3.63) is 52.9 Å². The summed E-state index contributed by atoms with van der Waals surface area (Å²) >= 11 is 0. The van der Waals surface area contributed by atoms with Crippen LogP contribution in [0.4, 0.5) is 8.78 Å². The molecule has 0 bridgehead atoms. The van der Waals surface area contributed by atoms with E-state index in [2.05, 4.69) is 5.10 Å². The molecule has 0 spiro atoms. The third kappa shape index (κ3) is 2.30. The maximum Gasteiger partial charge on any atom is 0.211 e. The third-order valence-electron chi connectivity index (χ3n) is 2.65. The minimum atomic E-state index is -0.767. The molecule has 1 heterocycles. The van der Waals surface area contributed by atoms with E-state index in [9.17, 15) is 13.6 Å². The van der Waals surface area contributed by atoms with Crippen LogP contribution in [0.3, 0.4) is 0 Å². The molecule has 18 heavy (non-hydrogen) atoms. The maximum atomic E-state index is 13.1. The van der Waals surface area contributed by atoms with Crippen molar-refractivity contribution in [2.75, 3.05) is 0 Å². The molecule has 3 nitrogen and oxygen atoms in total. The first kappa shape index (κ1) is 12.4. The highest BCUT2D eigenvalue weighted by Gasteiger charge is 2.16. The Labute approximate surface area is 103 Å². The lowest BCUT2D eigenvalue weighted by Gasteiger charge is -2.02. The zero-order chi connectivity index (χ0) is 13.3. The Morgan fingerprint density at radius 3 is 2.33 bits per heavy atom. The summed E-state index contributed by atoms with van der Waals surface area (Å²) in [4.78, 5) is 12.1.